The molecule has 146 valence electrons. The van der Waals surface area contributed by atoms with Crippen LogP contribution in [0, 0.1) is 0 Å². The minimum Gasteiger partial charge on any atom is -0.340 e. The summed E-state index contributed by atoms with van der Waals surface area (Å²) < 4.78 is 2.45. The maximum atomic E-state index is 12.4. The van der Waals surface area contributed by atoms with Gasteiger partial charge in [0.05, 0.1) is 0 Å². The number of fused-ring (bicyclic) bond motifs is 3. The fraction of sp³-hybridized carbons (Fsp3) is 0.222. The number of aryl methyl sites for hydroxylation is 1. The highest BCUT2D eigenvalue weighted by molar-refractivity contribution is 6.10. The molecule has 0 radical (unpaired) electrons. The maximum Gasteiger partial charge on any atom is 0.185 e. The first-order valence-corrected chi connectivity index (χ1v) is 10.6. The zero-order chi connectivity index (χ0) is 20.1. The molecule has 2 heteroatoms. The van der Waals surface area contributed by atoms with Gasteiger partial charge in [-0.25, -0.2) is 0 Å². The van der Waals surface area contributed by atoms with Crippen molar-refractivity contribution >= 4 is 33.7 Å². The van der Waals surface area contributed by atoms with E-state index in [-0.39, 0.29) is 5.78 Å². The Morgan fingerprint density at radius 1 is 0.828 bits per heavy atom. The van der Waals surface area contributed by atoms with Gasteiger partial charge in [0, 0.05) is 33.9 Å². The van der Waals surface area contributed by atoms with E-state index in [0.29, 0.717) is 5.56 Å². The molecule has 0 aliphatic carbocycles. The van der Waals surface area contributed by atoms with Crippen molar-refractivity contribution in [1.29, 1.82) is 0 Å². The van der Waals surface area contributed by atoms with Gasteiger partial charge in [0.15, 0.2) is 5.78 Å². The number of hydrogen-bond acceptors (Lipinski definition) is 1. The van der Waals surface area contributed by atoms with Gasteiger partial charge in [-0.2, -0.15) is 0 Å². The van der Waals surface area contributed by atoms with Crippen molar-refractivity contribution in [3.8, 4) is 0 Å². The van der Waals surface area contributed by atoms with E-state index < -0.39 is 0 Å². The fourth-order valence-electron chi connectivity index (χ4n) is 3.98. The summed E-state index contributed by atoms with van der Waals surface area (Å²) in [5.74, 6) is 0.0315. The average Bonchev–Trinajstić information content (AvgIpc) is 3.09. The monoisotopic (exact) mass is 381 g/mol. The lowest BCUT2D eigenvalue weighted by atomic mass is 10.1. The fourth-order valence-corrected chi connectivity index (χ4v) is 3.98. The van der Waals surface area contributed by atoms with E-state index in [9.17, 15) is 4.79 Å². The molecule has 4 rings (SSSR count). The van der Waals surface area contributed by atoms with Crippen molar-refractivity contribution in [2.45, 2.75) is 39.2 Å². The molecular formula is C27H27NO. The van der Waals surface area contributed by atoms with E-state index >= 15 is 0 Å². The number of carbonyl (C=O) groups excluding carboxylic acids is 1. The minimum atomic E-state index is 0.0315. The lowest BCUT2D eigenvalue weighted by Gasteiger charge is -2.07. The number of carbonyl (C=O) groups is 1. The summed E-state index contributed by atoms with van der Waals surface area (Å²) in [5.41, 5.74) is 4.33. The van der Waals surface area contributed by atoms with Crippen LogP contribution in [0.5, 0.6) is 0 Å². The second kappa shape index (κ2) is 8.91. The molecule has 29 heavy (non-hydrogen) atoms. The summed E-state index contributed by atoms with van der Waals surface area (Å²) in [5, 5.41) is 2.54. The lowest BCUT2D eigenvalue weighted by Crippen LogP contribution is -1.97. The quantitative estimate of drug-likeness (QED) is 0.179. The molecule has 0 aliphatic rings. The van der Waals surface area contributed by atoms with Crippen LogP contribution in [0.25, 0.3) is 27.9 Å². The van der Waals surface area contributed by atoms with Gasteiger partial charge in [-0.3, -0.25) is 4.79 Å². The first kappa shape index (κ1) is 19.2. The summed E-state index contributed by atoms with van der Waals surface area (Å²) in [6.07, 6.45) is 8.61. The van der Waals surface area contributed by atoms with Gasteiger partial charge in [-0.15, -0.1) is 0 Å². The maximum absolute atomic E-state index is 12.4. The van der Waals surface area contributed by atoms with E-state index in [1.54, 1.807) is 6.08 Å². The van der Waals surface area contributed by atoms with Crippen LogP contribution >= 0.6 is 0 Å². The number of hydrogen-bond donors (Lipinski definition) is 0. The molecule has 2 nitrogen and oxygen atoms in total. The number of unbranched alkanes of at least 4 members (excludes halogenated alkanes) is 3. The van der Waals surface area contributed by atoms with Crippen LogP contribution in [-0.2, 0) is 6.54 Å². The van der Waals surface area contributed by atoms with Crippen molar-refractivity contribution in [2.24, 2.45) is 0 Å². The molecular weight excluding hydrogens is 354 g/mol. The Labute approximate surface area is 172 Å². The van der Waals surface area contributed by atoms with E-state index in [0.717, 1.165) is 12.1 Å². The molecule has 0 bridgehead atoms. The molecule has 0 aliphatic heterocycles. The number of ketones is 1. The van der Waals surface area contributed by atoms with Gasteiger partial charge >= 0.3 is 0 Å². The molecule has 0 amide bonds. The van der Waals surface area contributed by atoms with Gasteiger partial charge in [0.1, 0.15) is 0 Å². The average molecular weight is 382 g/mol. The van der Waals surface area contributed by atoms with E-state index in [1.165, 1.54) is 47.5 Å². The third-order valence-corrected chi connectivity index (χ3v) is 5.52. The number of rotatable bonds is 8. The molecule has 0 unspecified atom stereocenters. The van der Waals surface area contributed by atoms with Crippen molar-refractivity contribution < 1.29 is 4.79 Å². The molecule has 3 aromatic carbocycles. The number of para-hydroxylation sites is 1. The highest BCUT2D eigenvalue weighted by atomic mass is 16.1. The summed E-state index contributed by atoms with van der Waals surface area (Å²) in [7, 11) is 0. The summed E-state index contributed by atoms with van der Waals surface area (Å²) in [6.45, 7) is 3.30. The first-order valence-electron chi connectivity index (χ1n) is 10.6. The SMILES string of the molecule is CCCCCCn1c2ccccc2c2cc(/C=C/C(=O)c3ccccc3)ccc21. The van der Waals surface area contributed by atoms with Crippen LogP contribution in [0.3, 0.4) is 0 Å². The largest absolute Gasteiger partial charge is 0.340 e. The second-order valence-corrected chi connectivity index (χ2v) is 7.57. The van der Waals surface area contributed by atoms with E-state index in [2.05, 4.69) is 54.0 Å². The molecule has 0 saturated heterocycles. The zero-order valence-electron chi connectivity index (χ0n) is 17.0. The van der Waals surface area contributed by atoms with Crippen LogP contribution in [-0.4, -0.2) is 10.4 Å². The summed E-state index contributed by atoms with van der Waals surface area (Å²) in [4.78, 5) is 12.4. The second-order valence-electron chi connectivity index (χ2n) is 7.57. The molecule has 0 fully saturated rings. The molecule has 1 heterocycles. The molecule has 0 spiro atoms. The van der Waals surface area contributed by atoms with E-state index in [4.69, 9.17) is 0 Å². The van der Waals surface area contributed by atoms with Crippen LogP contribution < -0.4 is 0 Å². The molecule has 0 saturated carbocycles. The van der Waals surface area contributed by atoms with Gasteiger partial charge in [0.25, 0.3) is 0 Å². The van der Waals surface area contributed by atoms with Gasteiger partial charge in [0.2, 0.25) is 0 Å². The van der Waals surface area contributed by atoms with Crippen LogP contribution in [0.4, 0.5) is 0 Å². The van der Waals surface area contributed by atoms with E-state index in [1.807, 2.05) is 36.4 Å². The van der Waals surface area contributed by atoms with Crippen molar-refractivity contribution in [2.75, 3.05) is 0 Å². The highest BCUT2D eigenvalue weighted by Gasteiger charge is 2.10. The Bertz CT molecular complexity index is 1150. The normalized spacial score (nSPS) is 11.6. The number of aromatic nitrogens is 1. The van der Waals surface area contributed by atoms with Gasteiger partial charge < -0.3 is 4.57 Å². The Hall–Kier alpha value is -3.13. The standard InChI is InChI=1S/C27H27NO/c1-2-3-4-10-19-28-25-14-9-8-13-23(25)24-20-21(15-17-26(24)28)16-18-27(29)22-11-6-5-7-12-22/h5-9,11-18,20H,2-4,10,19H2,1H3/b18-16+. The Kier molecular flexibility index (Phi) is 5.90. The minimum absolute atomic E-state index is 0.0315. The van der Waals surface area contributed by atoms with Crippen LogP contribution in [0.15, 0.2) is 78.9 Å². The van der Waals surface area contributed by atoms with Gasteiger partial charge in [-0.05, 0) is 36.3 Å². The van der Waals surface area contributed by atoms with Crippen molar-refractivity contribution in [1.82, 2.24) is 4.57 Å². The third kappa shape index (κ3) is 4.17. The number of benzene rings is 3. The third-order valence-electron chi connectivity index (χ3n) is 5.52. The molecule has 4 aromatic rings. The number of nitrogens with zero attached hydrogens (tertiary/aromatic N) is 1. The lowest BCUT2D eigenvalue weighted by molar-refractivity contribution is 0.104. The van der Waals surface area contributed by atoms with Crippen LogP contribution in [0.2, 0.25) is 0 Å². The topological polar surface area (TPSA) is 22.0 Å². The van der Waals surface area contributed by atoms with Gasteiger partial charge in [-0.1, -0.05) is 86.9 Å². The van der Waals surface area contributed by atoms with Crippen molar-refractivity contribution in [3.05, 3.63) is 90.0 Å². The van der Waals surface area contributed by atoms with Crippen LogP contribution in [0.1, 0.15) is 48.5 Å². The summed E-state index contributed by atoms with van der Waals surface area (Å²) >= 11 is 0. The number of allylic oxidation sites excluding steroid dienone is 1. The Morgan fingerprint density at radius 3 is 2.41 bits per heavy atom. The molecule has 1 aromatic heterocycles. The Balaban J connectivity index is 1.66. The Morgan fingerprint density at radius 2 is 1.59 bits per heavy atom. The predicted molar refractivity (Wildman–Crippen MR) is 123 cm³/mol. The molecule has 0 atom stereocenters. The first-order chi connectivity index (χ1) is 14.3. The van der Waals surface area contributed by atoms with Crippen molar-refractivity contribution in [3.63, 3.8) is 0 Å². The molecule has 0 N–H and O–H groups in total. The summed E-state index contributed by atoms with van der Waals surface area (Å²) in [6, 6.07) is 24.5. The predicted octanol–water partition coefficient (Wildman–Crippen LogP) is 7.27. The zero-order valence-corrected chi connectivity index (χ0v) is 17.0. The highest BCUT2D eigenvalue weighted by Crippen LogP contribution is 2.30. The smallest absolute Gasteiger partial charge is 0.185 e.